The number of anilines is 1. The number of fused-ring (bicyclic) bond motifs is 1. The van der Waals surface area contributed by atoms with Gasteiger partial charge in [0, 0.05) is 19.1 Å². The van der Waals surface area contributed by atoms with Gasteiger partial charge in [-0.1, -0.05) is 11.6 Å². The summed E-state index contributed by atoms with van der Waals surface area (Å²) < 4.78 is 30.8. The van der Waals surface area contributed by atoms with Gasteiger partial charge in [0.2, 0.25) is 0 Å². The molecular formula is C18H18ClN3O4S. The number of benzene rings is 2. The van der Waals surface area contributed by atoms with Crippen molar-refractivity contribution in [2.24, 2.45) is 14.1 Å². The fourth-order valence-corrected chi connectivity index (χ4v) is 4.54. The predicted octanol–water partition coefficient (Wildman–Crippen LogP) is 2.31. The summed E-state index contributed by atoms with van der Waals surface area (Å²) in [4.78, 5) is 24.1. The summed E-state index contributed by atoms with van der Waals surface area (Å²) in [6, 6.07) is 7.83. The summed E-state index contributed by atoms with van der Waals surface area (Å²) in [5.74, 6) is 0. The van der Waals surface area contributed by atoms with Gasteiger partial charge in [-0.15, -0.1) is 0 Å². The molecule has 0 atom stereocenters. The second-order valence-electron chi connectivity index (χ2n) is 6.40. The SMILES string of the molecule is Cc1cc(Cl)ccc1NS(=O)(=O)c1cc2c(cc1C)n(C)c(=O)c(=O)n2C. The van der Waals surface area contributed by atoms with E-state index in [4.69, 9.17) is 11.6 Å². The van der Waals surface area contributed by atoms with Crippen molar-refractivity contribution in [1.29, 1.82) is 0 Å². The van der Waals surface area contributed by atoms with Crippen molar-refractivity contribution >= 4 is 38.3 Å². The van der Waals surface area contributed by atoms with Gasteiger partial charge in [-0.05, 0) is 55.3 Å². The van der Waals surface area contributed by atoms with Gasteiger partial charge in [-0.2, -0.15) is 0 Å². The molecule has 27 heavy (non-hydrogen) atoms. The smallest absolute Gasteiger partial charge is 0.305 e. The summed E-state index contributed by atoms with van der Waals surface area (Å²) in [6.45, 7) is 3.38. The molecule has 0 aliphatic heterocycles. The Kier molecular flexibility index (Phi) is 4.65. The van der Waals surface area contributed by atoms with Crippen molar-refractivity contribution in [2.75, 3.05) is 4.72 Å². The molecule has 0 bridgehead atoms. The third-order valence-corrected chi connectivity index (χ3v) is 6.25. The Labute approximate surface area is 160 Å². The maximum Gasteiger partial charge on any atom is 0.316 e. The average molecular weight is 408 g/mol. The molecule has 1 heterocycles. The fraction of sp³-hybridized carbons (Fsp3) is 0.222. The largest absolute Gasteiger partial charge is 0.316 e. The summed E-state index contributed by atoms with van der Waals surface area (Å²) >= 11 is 5.92. The standard InChI is InChI=1S/C18H18ClN3O4S/c1-10-7-12(19)5-6-13(10)20-27(25,26)16-9-15-14(8-11(16)2)21(3)17(23)18(24)22(15)4/h5-9,20H,1-4H3. The maximum absolute atomic E-state index is 13.0. The van der Waals surface area contributed by atoms with Crippen molar-refractivity contribution in [1.82, 2.24) is 9.13 Å². The Bertz CT molecular complexity index is 1310. The van der Waals surface area contributed by atoms with Crippen LogP contribution in [0.3, 0.4) is 0 Å². The first kappa shape index (κ1) is 19.2. The molecule has 0 saturated heterocycles. The number of nitrogens with zero attached hydrogens (tertiary/aromatic N) is 2. The molecule has 0 radical (unpaired) electrons. The van der Waals surface area contributed by atoms with E-state index in [0.29, 0.717) is 32.9 Å². The lowest BCUT2D eigenvalue weighted by molar-refractivity contribution is 0.600. The van der Waals surface area contributed by atoms with E-state index in [2.05, 4.69) is 4.72 Å². The van der Waals surface area contributed by atoms with Crippen LogP contribution in [-0.2, 0) is 24.1 Å². The number of aromatic nitrogens is 2. The highest BCUT2D eigenvalue weighted by atomic mass is 35.5. The van der Waals surface area contributed by atoms with E-state index in [0.717, 1.165) is 4.57 Å². The molecule has 9 heteroatoms. The van der Waals surface area contributed by atoms with Gasteiger partial charge in [-0.25, -0.2) is 8.42 Å². The molecule has 1 N–H and O–H groups in total. The number of rotatable bonds is 3. The van der Waals surface area contributed by atoms with E-state index >= 15 is 0 Å². The van der Waals surface area contributed by atoms with E-state index in [1.165, 1.54) is 24.7 Å². The summed E-state index contributed by atoms with van der Waals surface area (Å²) in [5, 5.41) is 0.508. The van der Waals surface area contributed by atoms with E-state index in [1.807, 2.05) is 0 Å². The fourth-order valence-electron chi connectivity index (χ4n) is 2.94. The quantitative estimate of drug-likeness (QED) is 0.674. The summed E-state index contributed by atoms with van der Waals surface area (Å²) in [6.07, 6.45) is 0. The van der Waals surface area contributed by atoms with E-state index in [-0.39, 0.29) is 4.90 Å². The lowest BCUT2D eigenvalue weighted by Gasteiger charge is -2.15. The minimum absolute atomic E-state index is 0.0259. The monoisotopic (exact) mass is 407 g/mol. The van der Waals surface area contributed by atoms with E-state index in [9.17, 15) is 18.0 Å². The number of sulfonamides is 1. The lowest BCUT2D eigenvalue weighted by Crippen LogP contribution is -2.39. The first-order valence-electron chi connectivity index (χ1n) is 8.02. The third kappa shape index (κ3) is 3.26. The van der Waals surface area contributed by atoms with Crippen LogP contribution in [0.5, 0.6) is 0 Å². The van der Waals surface area contributed by atoms with Crippen LogP contribution in [0.4, 0.5) is 5.69 Å². The molecule has 7 nitrogen and oxygen atoms in total. The number of nitrogens with one attached hydrogen (secondary N) is 1. The summed E-state index contributed by atoms with van der Waals surface area (Å²) in [5.41, 5.74) is 0.971. The molecule has 0 unspecified atom stereocenters. The zero-order chi connectivity index (χ0) is 20.1. The van der Waals surface area contributed by atoms with Gasteiger partial charge in [0.15, 0.2) is 0 Å². The number of halogens is 1. The van der Waals surface area contributed by atoms with Gasteiger partial charge in [0.1, 0.15) is 0 Å². The topological polar surface area (TPSA) is 90.2 Å². The van der Waals surface area contributed by atoms with Gasteiger partial charge in [0.05, 0.1) is 21.6 Å². The molecule has 142 valence electrons. The van der Waals surface area contributed by atoms with Crippen LogP contribution < -0.4 is 15.8 Å². The predicted molar refractivity (Wildman–Crippen MR) is 106 cm³/mol. The van der Waals surface area contributed by atoms with Crippen LogP contribution in [0.2, 0.25) is 5.02 Å². The number of hydrogen-bond acceptors (Lipinski definition) is 4. The van der Waals surface area contributed by atoms with Crippen molar-refractivity contribution in [3.05, 3.63) is 67.2 Å². The van der Waals surface area contributed by atoms with E-state index < -0.39 is 21.1 Å². The average Bonchev–Trinajstić information content (AvgIpc) is 2.60. The number of hydrogen-bond donors (Lipinski definition) is 1. The van der Waals surface area contributed by atoms with Crippen molar-refractivity contribution in [3.8, 4) is 0 Å². The minimum atomic E-state index is -3.92. The Morgan fingerprint density at radius 1 is 0.889 bits per heavy atom. The molecular weight excluding hydrogens is 390 g/mol. The van der Waals surface area contributed by atoms with Crippen molar-refractivity contribution < 1.29 is 8.42 Å². The van der Waals surface area contributed by atoms with Gasteiger partial charge >= 0.3 is 11.1 Å². The maximum atomic E-state index is 13.0. The van der Waals surface area contributed by atoms with Crippen LogP contribution >= 0.6 is 11.6 Å². The molecule has 0 spiro atoms. The summed E-state index contributed by atoms with van der Waals surface area (Å²) in [7, 11) is -0.999. The molecule has 0 aliphatic rings. The Morgan fingerprint density at radius 2 is 1.44 bits per heavy atom. The second-order valence-corrected chi connectivity index (χ2v) is 8.49. The lowest BCUT2D eigenvalue weighted by atomic mass is 10.2. The van der Waals surface area contributed by atoms with Crippen molar-refractivity contribution in [3.63, 3.8) is 0 Å². The molecule has 2 aromatic carbocycles. The first-order valence-corrected chi connectivity index (χ1v) is 9.88. The molecule has 1 aromatic heterocycles. The Balaban J connectivity index is 2.23. The van der Waals surface area contributed by atoms with Crippen molar-refractivity contribution in [2.45, 2.75) is 18.7 Å². The normalized spacial score (nSPS) is 11.7. The number of aryl methyl sites for hydroxylation is 4. The molecule has 0 amide bonds. The molecule has 3 aromatic rings. The molecule has 0 fully saturated rings. The third-order valence-electron chi connectivity index (χ3n) is 4.51. The van der Waals surface area contributed by atoms with Crippen LogP contribution in [-0.4, -0.2) is 17.6 Å². The first-order chi connectivity index (χ1) is 12.5. The highest BCUT2D eigenvalue weighted by Gasteiger charge is 2.21. The van der Waals surface area contributed by atoms with Crippen LogP contribution in [0.1, 0.15) is 11.1 Å². The minimum Gasteiger partial charge on any atom is -0.305 e. The van der Waals surface area contributed by atoms with Crippen LogP contribution in [0.25, 0.3) is 11.0 Å². The Morgan fingerprint density at radius 3 is 2.00 bits per heavy atom. The van der Waals surface area contributed by atoms with Crippen LogP contribution in [0, 0.1) is 13.8 Å². The Hall–Kier alpha value is -2.58. The molecule has 3 rings (SSSR count). The second kappa shape index (κ2) is 6.54. The van der Waals surface area contributed by atoms with Gasteiger partial charge in [-0.3, -0.25) is 14.3 Å². The van der Waals surface area contributed by atoms with Crippen LogP contribution in [0.15, 0.2) is 44.8 Å². The highest BCUT2D eigenvalue weighted by molar-refractivity contribution is 7.92. The molecule has 0 saturated carbocycles. The van der Waals surface area contributed by atoms with Gasteiger partial charge < -0.3 is 9.13 Å². The molecule has 0 aliphatic carbocycles. The van der Waals surface area contributed by atoms with E-state index in [1.54, 1.807) is 38.1 Å². The highest BCUT2D eigenvalue weighted by Crippen LogP contribution is 2.26. The zero-order valence-corrected chi connectivity index (χ0v) is 16.8. The van der Waals surface area contributed by atoms with Gasteiger partial charge in [0.25, 0.3) is 10.0 Å². The zero-order valence-electron chi connectivity index (χ0n) is 15.2.